The molecule has 2 rings (SSSR count). The van der Waals surface area contributed by atoms with E-state index in [1.165, 1.54) is 5.56 Å². The molecule has 0 radical (unpaired) electrons. The molecular weight excluding hydrogens is 320 g/mol. The van der Waals surface area contributed by atoms with Crippen LogP contribution in [0.1, 0.15) is 37.8 Å². The van der Waals surface area contributed by atoms with E-state index in [0.29, 0.717) is 38.3 Å². The lowest BCUT2D eigenvalue weighted by molar-refractivity contribution is -0.134. The van der Waals surface area contributed by atoms with Crippen LogP contribution in [0.2, 0.25) is 0 Å². The lowest BCUT2D eigenvalue weighted by Gasteiger charge is -2.30. The maximum Gasteiger partial charge on any atom is 0.224 e. The van der Waals surface area contributed by atoms with Crippen LogP contribution in [0.25, 0.3) is 0 Å². The second kappa shape index (κ2) is 8.74. The summed E-state index contributed by atoms with van der Waals surface area (Å²) in [5.41, 5.74) is 2.28. The Morgan fingerprint density at radius 3 is 2.32 bits per heavy atom. The first-order chi connectivity index (χ1) is 12.0. The molecule has 0 fully saturated rings. The van der Waals surface area contributed by atoms with Gasteiger partial charge in [-0.1, -0.05) is 6.92 Å². The van der Waals surface area contributed by atoms with E-state index in [1.54, 1.807) is 26.0 Å². The minimum absolute atomic E-state index is 0.0236. The zero-order valence-corrected chi connectivity index (χ0v) is 15.6. The largest absolute Gasteiger partial charge is 0.493 e. The monoisotopic (exact) mass is 348 g/mol. The Labute approximate surface area is 149 Å². The summed E-state index contributed by atoms with van der Waals surface area (Å²) in [6, 6.07) is 3.95. The van der Waals surface area contributed by atoms with Crippen LogP contribution in [0, 0.1) is 0 Å². The van der Waals surface area contributed by atoms with Gasteiger partial charge >= 0.3 is 0 Å². The quantitative estimate of drug-likeness (QED) is 0.758. The molecule has 0 bridgehead atoms. The van der Waals surface area contributed by atoms with Crippen LogP contribution in [-0.4, -0.2) is 55.5 Å². The standard InChI is InChI=1S/C19H28N2O4/c1-5-8-20(14(2)22)10-7-19(23)21-9-6-15-11-17(24-3)18(25-4)12-16(15)13-21/h11-12H,5-10,13H2,1-4H3. The maximum absolute atomic E-state index is 12.5. The zero-order valence-electron chi connectivity index (χ0n) is 15.6. The predicted molar refractivity (Wildman–Crippen MR) is 95.8 cm³/mol. The summed E-state index contributed by atoms with van der Waals surface area (Å²) in [4.78, 5) is 27.7. The van der Waals surface area contributed by atoms with Crippen molar-refractivity contribution in [3.8, 4) is 11.5 Å². The molecule has 1 aromatic rings. The number of carbonyl (C=O) groups is 2. The molecule has 0 saturated heterocycles. The minimum Gasteiger partial charge on any atom is -0.493 e. The van der Waals surface area contributed by atoms with Crippen LogP contribution >= 0.6 is 0 Å². The fourth-order valence-corrected chi connectivity index (χ4v) is 3.18. The molecule has 25 heavy (non-hydrogen) atoms. The average Bonchev–Trinajstić information content (AvgIpc) is 2.62. The summed E-state index contributed by atoms with van der Waals surface area (Å²) in [6.45, 7) is 6.02. The Hall–Kier alpha value is -2.24. The van der Waals surface area contributed by atoms with Crippen LogP contribution < -0.4 is 9.47 Å². The molecule has 0 aliphatic carbocycles. The molecule has 6 nitrogen and oxygen atoms in total. The molecule has 6 heteroatoms. The number of benzene rings is 1. The first kappa shape index (κ1) is 19.1. The number of methoxy groups -OCH3 is 2. The van der Waals surface area contributed by atoms with Crippen molar-refractivity contribution < 1.29 is 19.1 Å². The fraction of sp³-hybridized carbons (Fsp3) is 0.579. The Balaban J connectivity index is 2.01. The van der Waals surface area contributed by atoms with Gasteiger partial charge in [-0.2, -0.15) is 0 Å². The van der Waals surface area contributed by atoms with Crippen molar-refractivity contribution >= 4 is 11.8 Å². The number of fused-ring (bicyclic) bond motifs is 1. The molecule has 0 unspecified atom stereocenters. The summed E-state index contributed by atoms with van der Waals surface area (Å²) in [6.07, 6.45) is 2.06. The Morgan fingerprint density at radius 1 is 1.12 bits per heavy atom. The number of hydrogen-bond acceptors (Lipinski definition) is 4. The van der Waals surface area contributed by atoms with Crippen molar-refractivity contribution in [3.63, 3.8) is 0 Å². The number of nitrogens with zero attached hydrogens (tertiary/aromatic N) is 2. The second-order valence-electron chi connectivity index (χ2n) is 6.30. The Morgan fingerprint density at radius 2 is 1.76 bits per heavy atom. The molecule has 0 aromatic heterocycles. The smallest absolute Gasteiger partial charge is 0.224 e. The van der Waals surface area contributed by atoms with E-state index < -0.39 is 0 Å². The minimum atomic E-state index is 0.0236. The number of carbonyl (C=O) groups excluding carboxylic acids is 2. The van der Waals surface area contributed by atoms with E-state index in [9.17, 15) is 9.59 Å². The van der Waals surface area contributed by atoms with Crippen LogP contribution in [-0.2, 0) is 22.6 Å². The molecule has 1 aliphatic rings. The van der Waals surface area contributed by atoms with Gasteiger partial charge in [0.1, 0.15) is 0 Å². The van der Waals surface area contributed by atoms with Crippen molar-refractivity contribution in [2.75, 3.05) is 33.9 Å². The molecule has 1 heterocycles. The molecule has 0 spiro atoms. The van der Waals surface area contributed by atoms with Crippen LogP contribution in [0.15, 0.2) is 12.1 Å². The van der Waals surface area contributed by atoms with Gasteiger partial charge in [-0.15, -0.1) is 0 Å². The predicted octanol–water partition coefficient (Wildman–Crippen LogP) is 2.24. The highest BCUT2D eigenvalue weighted by molar-refractivity contribution is 5.78. The van der Waals surface area contributed by atoms with Gasteiger partial charge < -0.3 is 19.3 Å². The summed E-state index contributed by atoms with van der Waals surface area (Å²) in [7, 11) is 3.24. The molecule has 0 saturated carbocycles. The lowest BCUT2D eigenvalue weighted by Crippen LogP contribution is -2.39. The highest BCUT2D eigenvalue weighted by Gasteiger charge is 2.23. The van der Waals surface area contributed by atoms with Crippen LogP contribution in [0.5, 0.6) is 11.5 Å². The Bertz CT molecular complexity index is 630. The van der Waals surface area contributed by atoms with Crippen LogP contribution in [0.4, 0.5) is 0 Å². The van der Waals surface area contributed by atoms with E-state index in [2.05, 4.69) is 0 Å². The van der Waals surface area contributed by atoms with Crippen LogP contribution in [0.3, 0.4) is 0 Å². The van der Waals surface area contributed by atoms with Gasteiger partial charge in [0.2, 0.25) is 11.8 Å². The third kappa shape index (κ3) is 4.65. The van der Waals surface area contributed by atoms with Gasteiger partial charge in [0, 0.05) is 39.5 Å². The number of rotatable bonds is 7. The normalized spacial score (nSPS) is 13.2. The average molecular weight is 348 g/mol. The fourth-order valence-electron chi connectivity index (χ4n) is 3.18. The topological polar surface area (TPSA) is 59.1 Å². The molecule has 0 atom stereocenters. The number of hydrogen-bond donors (Lipinski definition) is 0. The van der Waals surface area contributed by atoms with E-state index in [1.807, 2.05) is 24.0 Å². The van der Waals surface area contributed by atoms with Crippen molar-refractivity contribution in [1.82, 2.24) is 9.80 Å². The zero-order chi connectivity index (χ0) is 18.4. The molecule has 0 N–H and O–H groups in total. The van der Waals surface area contributed by atoms with Gasteiger partial charge in [-0.25, -0.2) is 0 Å². The highest BCUT2D eigenvalue weighted by Crippen LogP contribution is 2.33. The SMILES string of the molecule is CCCN(CCC(=O)N1CCc2cc(OC)c(OC)cc2C1)C(C)=O. The van der Waals surface area contributed by atoms with Gasteiger partial charge in [0.25, 0.3) is 0 Å². The highest BCUT2D eigenvalue weighted by atomic mass is 16.5. The second-order valence-corrected chi connectivity index (χ2v) is 6.30. The van der Waals surface area contributed by atoms with Crippen molar-refractivity contribution in [2.45, 2.75) is 39.7 Å². The summed E-state index contributed by atoms with van der Waals surface area (Å²) in [5, 5.41) is 0. The molecular formula is C19H28N2O4. The number of ether oxygens (including phenoxy) is 2. The molecule has 138 valence electrons. The van der Waals surface area contributed by atoms with Crippen molar-refractivity contribution in [2.24, 2.45) is 0 Å². The van der Waals surface area contributed by atoms with E-state index >= 15 is 0 Å². The van der Waals surface area contributed by atoms with Gasteiger partial charge in [-0.3, -0.25) is 9.59 Å². The number of amides is 2. The van der Waals surface area contributed by atoms with E-state index in [0.717, 1.165) is 24.2 Å². The molecule has 1 aliphatic heterocycles. The van der Waals surface area contributed by atoms with Gasteiger partial charge in [0.15, 0.2) is 11.5 Å². The lowest BCUT2D eigenvalue weighted by atomic mass is 9.98. The summed E-state index contributed by atoms with van der Waals surface area (Å²) < 4.78 is 10.7. The van der Waals surface area contributed by atoms with Crippen molar-refractivity contribution in [1.29, 1.82) is 0 Å². The third-order valence-corrected chi connectivity index (χ3v) is 4.61. The summed E-state index contributed by atoms with van der Waals surface area (Å²) in [5.74, 6) is 1.51. The summed E-state index contributed by atoms with van der Waals surface area (Å²) >= 11 is 0. The van der Waals surface area contributed by atoms with Gasteiger partial charge in [0.05, 0.1) is 14.2 Å². The van der Waals surface area contributed by atoms with Gasteiger partial charge in [-0.05, 0) is 36.1 Å². The van der Waals surface area contributed by atoms with E-state index in [4.69, 9.17) is 9.47 Å². The van der Waals surface area contributed by atoms with Crippen molar-refractivity contribution in [3.05, 3.63) is 23.3 Å². The maximum atomic E-state index is 12.5. The van der Waals surface area contributed by atoms with E-state index in [-0.39, 0.29) is 11.8 Å². The molecule has 1 aromatic carbocycles. The first-order valence-corrected chi connectivity index (χ1v) is 8.77. The Kier molecular flexibility index (Phi) is 6.67. The third-order valence-electron chi connectivity index (χ3n) is 4.61. The first-order valence-electron chi connectivity index (χ1n) is 8.77. The molecule has 2 amide bonds.